The third-order valence-electron chi connectivity index (χ3n) is 3.69. The molecule has 21 heavy (non-hydrogen) atoms. The van der Waals surface area contributed by atoms with Crippen LogP contribution in [-0.4, -0.2) is 9.55 Å². The van der Waals surface area contributed by atoms with Crippen molar-refractivity contribution in [2.75, 3.05) is 0 Å². The molecule has 0 bridgehead atoms. The van der Waals surface area contributed by atoms with Crippen LogP contribution in [0.15, 0.2) is 12.1 Å². The molecule has 0 aliphatic heterocycles. The van der Waals surface area contributed by atoms with Crippen LogP contribution in [0.5, 0.6) is 0 Å². The van der Waals surface area contributed by atoms with Crippen LogP contribution in [0.1, 0.15) is 52.4 Å². The lowest BCUT2D eigenvalue weighted by Gasteiger charge is -2.35. The van der Waals surface area contributed by atoms with E-state index in [9.17, 15) is 4.39 Å². The minimum atomic E-state index is -0.220. The summed E-state index contributed by atoms with van der Waals surface area (Å²) in [7, 11) is 0. The van der Waals surface area contributed by atoms with Gasteiger partial charge in [-0.1, -0.05) is 20.8 Å². The van der Waals surface area contributed by atoms with Gasteiger partial charge in [-0.15, -0.1) is 11.6 Å². The quantitative estimate of drug-likeness (QED) is 0.695. The van der Waals surface area contributed by atoms with E-state index < -0.39 is 0 Å². The third kappa shape index (κ3) is 3.23. The van der Waals surface area contributed by atoms with E-state index in [1.54, 1.807) is 6.92 Å². The molecule has 2 rings (SSSR count). The first-order chi connectivity index (χ1) is 9.55. The molecule has 0 spiro atoms. The van der Waals surface area contributed by atoms with Crippen LogP contribution in [0.2, 0.25) is 0 Å². The van der Waals surface area contributed by atoms with Gasteiger partial charge in [0.05, 0.1) is 16.9 Å². The highest BCUT2D eigenvalue weighted by Crippen LogP contribution is 2.36. The molecule has 0 radical (unpaired) electrons. The maximum atomic E-state index is 13.8. The second-order valence-electron chi connectivity index (χ2n) is 7.64. The highest BCUT2D eigenvalue weighted by atomic mass is 35.5. The van der Waals surface area contributed by atoms with Gasteiger partial charge in [-0.05, 0) is 44.2 Å². The Morgan fingerprint density at radius 1 is 1.19 bits per heavy atom. The molecule has 2 aromatic rings. The predicted molar refractivity (Wildman–Crippen MR) is 87.4 cm³/mol. The highest BCUT2D eigenvalue weighted by molar-refractivity contribution is 6.16. The number of aryl methyl sites for hydroxylation is 1. The molecule has 1 aromatic heterocycles. The van der Waals surface area contributed by atoms with Crippen molar-refractivity contribution in [3.63, 3.8) is 0 Å². The number of alkyl halides is 1. The lowest BCUT2D eigenvalue weighted by molar-refractivity contribution is 0.216. The minimum Gasteiger partial charge on any atom is -0.321 e. The van der Waals surface area contributed by atoms with Crippen LogP contribution in [0, 0.1) is 18.2 Å². The van der Waals surface area contributed by atoms with Crippen molar-refractivity contribution in [1.82, 2.24) is 9.55 Å². The van der Waals surface area contributed by atoms with E-state index in [4.69, 9.17) is 11.6 Å². The van der Waals surface area contributed by atoms with Crippen molar-refractivity contribution in [2.24, 2.45) is 5.41 Å². The topological polar surface area (TPSA) is 17.8 Å². The Morgan fingerprint density at radius 2 is 1.81 bits per heavy atom. The van der Waals surface area contributed by atoms with Crippen molar-refractivity contribution in [1.29, 1.82) is 0 Å². The summed E-state index contributed by atoms with van der Waals surface area (Å²) < 4.78 is 16.0. The first-order valence-electron chi connectivity index (χ1n) is 7.29. The van der Waals surface area contributed by atoms with Gasteiger partial charge in [0, 0.05) is 11.6 Å². The van der Waals surface area contributed by atoms with E-state index >= 15 is 0 Å². The SMILES string of the molecule is Cc1cc2c(cc1F)nc(CCl)n2C(C)(C)CC(C)(C)C. The number of halogens is 2. The van der Waals surface area contributed by atoms with Crippen molar-refractivity contribution in [3.05, 3.63) is 29.3 Å². The molecule has 0 amide bonds. The van der Waals surface area contributed by atoms with Gasteiger partial charge in [-0.25, -0.2) is 9.37 Å². The molecule has 0 aliphatic carbocycles. The first kappa shape index (κ1) is 16.3. The molecule has 2 nitrogen and oxygen atoms in total. The molecule has 0 unspecified atom stereocenters. The summed E-state index contributed by atoms with van der Waals surface area (Å²) in [6.07, 6.45) is 0.978. The van der Waals surface area contributed by atoms with Crippen LogP contribution >= 0.6 is 11.6 Å². The van der Waals surface area contributed by atoms with Crippen molar-refractivity contribution in [2.45, 2.75) is 59.4 Å². The van der Waals surface area contributed by atoms with E-state index in [0.29, 0.717) is 17.0 Å². The van der Waals surface area contributed by atoms with Gasteiger partial charge in [-0.3, -0.25) is 0 Å². The summed E-state index contributed by atoms with van der Waals surface area (Å²) in [5.74, 6) is 0.899. The standard InChI is InChI=1S/C17H24ClFN2/c1-11-7-14-13(8-12(11)19)20-15(9-18)21(14)17(5,6)10-16(2,3)4/h7-8H,9-10H2,1-6H3. The molecule has 1 heterocycles. The lowest BCUT2D eigenvalue weighted by atomic mass is 9.81. The largest absolute Gasteiger partial charge is 0.321 e. The molecule has 0 saturated heterocycles. The van der Waals surface area contributed by atoms with Crippen molar-refractivity contribution < 1.29 is 4.39 Å². The second-order valence-corrected chi connectivity index (χ2v) is 7.90. The van der Waals surface area contributed by atoms with Gasteiger partial charge in [0.15, 0.2) is 0 Å². The molecular weight excluding hydrogens is 287 g/mol. The van der Waals surface area contributed by atoms with Gasteiger partial charge in [0.2, 0.25) is 0 Å². The molecule has 0 aliphatic rings. The predicted octanol–water partition coefficient (Wildman–Crippen LogP) is 5.39. The third-order valence-corrected chi connectivity index (χ3v) is 3.93. The molecule has 0 fully saturated rings. The number of nitrogens with zero attached hydrogens (tertiary/aromatic N) is 2. The van der Waals surface area contributed by atoms with Crippen LogP contribution in [0.4, 0.5) is 4.39 Å². The Kier molecular flexibility index (Phi) is 4.09. The van der Waals surface area contributed by atoms with Crippen LogP contribution in [0.25, 0.3) is 11.0 Å². The number of fused-ring (bicyclic) bond motifs is 1. The fourth-order valence-corrected chi connectivity index (χ4v) is 3.57. The second kappa shape index (κ2) is 5.28. The Morgan fingerprint density at radius 3 is 2.33 bits per heavy atom. The number of hydrogen-bond acceptors (Lipinski definition) is 1. The molecule has 1 aromatic carbocycles. The molecule has 116 valence electrons. The Balaban J connectivity index is 2.69. The normalized spacial score (nSPS) is 13.1. The minimum absolute atomic E-state index is 0.137. The maximum Gasteiger partial charge on any atom is 0.128 e. The fourth-order valence-electron chi connectivity index (χ4n) is 3.39. The van der Waals surface area contributed by atoms with Gasteiger partial charge in [0.1, 0.15) is 11.6 Å². The first-order valence-corrected chi connectivity index (χ1v) is 7.82. The number of imidazole rings is 1. The Bertz CT molecular complexity index is 665. The summed E-state index contributed by atoms with van der Waals surface area (Å²) in [5.41, 5.74) is 2.31. The highest BCUT2D eigenvalue weighted by Gasteiger charge is 2.30. The number of rotatable bonds is 3. The molecule has 0 saturated carbocycles. The molecule has 4 heteroatoms. The molecule has 0 N–H and O–H groups in total. The smallest absolute Gasteiger partial charge is 0.128 e. The van der Waals surface area contributed by atoms with E-state index in [2.05, 4.69) is 44.2 Å². The van der Waals surface area contributed by atoms with E-state index in [0.717, 1.165) is 17.8 Å². The lowest BCUT2D eigenvalue weighted by Crippen LogP contribution is -2.32. The fraction of sp³-hybridized carbons (Fsp3) is 0.588. The van der Waals surface area contributed by atoms with Crippen molar-refractivity contribution >= 4 is 22.6 Å². The summed E-state index contributed by atoms with van der Waals surface area (Å²) in [6, 6.07) is 3.38. The zero-order valence-corrected chi connectivity index (χ0v) is 14.5. The summed E-state index contributed by atoms with van der Waals surface area (Å²) in [5, 5.41) is 0. The van der Waals surface area contributed by atoms with Gasteiger partial charge in [-0.2, -0.15) is 0 Å². The van der Waals surface area contributed by atoms with Gasteiger partial charge >= 0.3 is 0 Å². The number of hydrogen-bond donors (Lipinski definition) is 0. The Hall–Kier alpha value is -1.09. The average molecular weight is 311 g/mol. The number of benzene rings is 1. The zero-order valence-electron chi connectivity index (χ0n) is 13.7. The zero-order chi connectivity index (χ0) is 16.0. The molecular formula is C17H24ClFN2. The summed E-state index contributed by atoms with van der Waals surface area (Å²) >= 11 is 6.08. The summed E-state index contributed by atoms with van der Waals surface area (Å²) in [4.78, 5) is 4.52. The van der Waals surface area contributed by atoms with E-state index in [-0.39, 0.29) is 16.8 Å². The molecule has 0 atom stereocenters. The van der Waals surface area contributed by atoms with E-state index in [1.165, 1.54) is 6.07 Å². The van der Waals surface area contributed by atoms with Gasteiger partial charge < -0.3 is 4.57 Å². The van der Waals surface area contributed by atoms with Crippen LogP contribution < -0.4 is 0 Å². The maximum absolute atomic E-state index is 13.8. The number of aromatic nitrogens is 2. The van der Waals surface area contributed by atoms with Crippen LogP contribution in [-0.2, 0) is 11.4 Å². The van der Waals surface area contributed by atoms with Gasteiger partial charge in [0.25, 0.3) is 0 Å². The van der Waals surface area contributed by atoms with Crippen LogP contribution in [0.3, 0.4) is 0 Å². The average Bonchev–Trinajstić information content (AvgIpc) is 2.65. The Labute approximate surface area is 131 Å². The monoisotopic (exact) mass is 310 g/mol. The summed E-state index contributed by atoms with van der Waals surface area (Å²) in [6.45, 7) is 12.8. The van der Waals surface area contributed by atoms with E-state index in [1.807, 2.05) is 6.07 Å². The van der Waals surface area contributed by atoms with Crippen molar-refractivity contribution in [3.8, 4) is 0 Å².